The van der Waals surface area contributed by atoms with E-state index in [0.717, 1.165) is 17.8 Å². The number of hydrogen-bond donors (Lipinski definition) is 1. The van der Waals surface area contributed by atoms with E-state index in [1.165, 1.54) is 11.3 Å². The van der Waals surface area contributed by atoms with Crippen molar-refractivity contribution >= 4 is 22.4 Å². The zero-order chi connectivity index (χ0) is 15.9. The third-order valence-corrected chi connectivity index (χ3v) is 4.40. The fraction of sp³-hybridized carbons (Fsp3) is 0.438. The number of nitrogens with one attached hydrogen (secondary N) is 1. The summed E-state index contributed by atoms with van der Waals surface area (Å²) in [4.78, 5) is 12.3. The molecule has 2 aromatic rings. The molecule has 0 aliphatic heterocycles. The van der Waals surface area contributed by atoms with Crippen LogP contribution in [0.2, 0.25) is 0 Å². The molecular formula is C16H21N3O2S. The highest BCUT2D eigenvalue weighted by molar-refractivity contribution is 7.15. The summed E-state index contributed by atoms with van der Waals surface area (Å²) in [5, 5.41) is 12.6. The number of carbonyl (C=O) groups excluding carboxylic acids is 1. The summed E-state index contributed by atoms with van der Waals surface area (Å²) in [6, 6.07) is 7.11. The summed E-state index contributed by atoms with van der Waals surface area (Å²) in [5.41, 5.74) is 0.547. The number of benzene rings is 1. The standard InChI is InChI=1S/C16H21N3O2S/c1-4-11(5-2)15-18-19-16(22-15)17-14(20)12-8-7-9-13(10-12)21-6-3/h7-11H,4-6H2,1-3H3,(H,17,19,20). The lowest BCUT2D eigenvalue weighted by Gasteiger charge is -2.06. The van der Waals surface area contributed by atoms with Gasteiger partial charge in [0.15, 0.2) is 0 Å². The van der Waals surface area contributed by atoms with Gasteiger partial charge in [0.25, 0.3) is 5.91 Å². The maximum atomic E-state index is 12.3. The number of hydrogen-bond acceptors (Lipinski definition) is 5. The molecule has 118 valence electrons. The first kappa shape index (κ1) is 16.4. The predicted molar refractivity (Wildman–Crippen MR) is 88.8 cm³/mol. The number of amides is 1. The number of rotatable bonds is 7. The van der Waals surface area contributed by atoms with Gasteiger partial charge in [-0.2, -0.15) is 0 Å². The normalized spacial score (nSPS) is 10.7. The van der Waals surface area contributed by atoms with Crippen LogP contribution >= 0.6 is 11.3 Å². The van der Waals surface area contributed by atoms with Gasteiger partial charge in [0.05, 0.1) is 6.61 Å². The zero-order valence-corrected chi connectivity index (χ0v) is 13.9. The van der Waals surface area contributed by atoms with Gasteiger partial charge in [0.2, 0.25) is 5.13 Å². The molecule has 5 nitrogen and oxygen atoms in total. The molecule has 0 saturated heterocycles. The van der Waals surface area contributed by atoms with Crippen molar-refractivity contribution in [3.8, 4) is 5.75 Å². The topological polar surface area (TPSA) is 64.1 Å². The highest BCUT2D eigenvalue weighted by atomic mass is 32.1. The van der Waals surface area contributed by atoms with Crippen LogP contribution < -0.4 is 10.1 Å². The smallest absolute Gasteiger partial charge is 0.257 e. The zero-order valence-electron chi connectivity index (χ0n) is 13.1. The van der Waals surface area contributed by atoms with Gasteiger partial charge >= 0.3 is 0 Å². The first-order valence-corrected chi connectivity index (χ1v) is 8.37. The first-order valence-electron chi connectivity index (χ1n) is 7.55. The van der Waals surface area contributed by atoms with Gasteiger partial charge in [0.1, 0.15) is 10.8 Å². The van der Waals surface area contributed by atoms with E-state index in [1.54, 1.807) is 18.2 Å². The van der Waals surface area contributed by atoms with Gasteiger partial charge in [-0.05, 0) is 38.0 Å². The van der Waals surface area contributed by atoms with Gasteiger partial charge in [-0.3, -0.25) is 10.1 Å². The second-order valence-electron chi connectivity index (χ2n) is 4.87. The molecule has 0 spiro atoms. The Bertz CT molecular complexity index is 623. The highest BCUT2D eigenvalue weighted by Gasteiger charge is 2.15. The summed E-state index contributed by atoms with van der Waals surface area (Å²) in [5.74, 6) is 0.892. The lowest BCUT2D eigenvalue weighted by Crippen LogP contribution is -2.11. The van der Waals surface area contributed by atoms with E-state index in [-0.39, 0.29) is 5.91 Å². The molecule has 0 bridgehead atoms. The molecule has 1 amide bonds. The minimum atomic E-state index is -0.200. The summed E-state index contributed by atoms with van der Waals surface area (Å²) >= 11 is 1.44. The van der Waals surface area contributed by atoms with Crippen LogP contribution in [0.4, 0.5) is 5.13 Å². The van der Waals surface area contributed by atoms with Crippen molar-refractivity contribution in [3.63, 3.8) is 0 Å². The maximum Gasteiger partial charge on any atom is 0.257 e. The molecule has 6 heteroatoms. The minimum absolute atomic E-state index is 0.200. The van der Waals surface area contributed by atoms with Crippen molar-refractivity contribution in [3.05, 3.63) is 34.8 Å². The van der Waals surface area contributed by atoms with Crippen molar-refractivity contribution in [2.45, 2.75) is 39.5 Å². The number of nitrogens with zero attached hydrogens (tertiary/aromatic N) is 2. The number of carbonyl (C=O) groups is 1. The molecule has 0 unspecified atom stereocenters. The Morgan fingerprint density at radius 2 is 2.05 bits per heavy atom. The molecule has 0 radical (unpaired) electrons. The number of aromatic nitrogens is 2. The van der Waals surface area contributed by atoms with Gasteiger partial charge in [-0.15, -0.1) is 10.2 Å². The van der Waals surface area contributed by atoms with E-state index in [2.05, 4.69) is 29.4 Å². The fourth-order valence-corrected chi connectivity index (χ4v) is 3.16. The second kappa shape index (κ2) is 7.89. The highest BCUT2D eigenvalue weighted by Crippen LogP contribution is 2.28. The minimum Gasteiger partial charge on any atom is -0.494 e. The third-order valence-electron chi connectivity index (χ3n) is 3.40. The van der Waals surface area contributed by atoms with Crippen LogP contribution in [0.15, 0.2) is 24.3 Å². The third kappa shape index (κ3) is 4.04. The van der Waals surface area contributed by atoms with Crippen molar-refractivity contribution < 1.29 is 9.53 Å². The molecular weight excluding hydrogens is 298 g/mol. The van der Waals surface area contributed by atoms with Crippen LogP contribution in [0.5, 0.6) is 5.75 Å². The molecule has 0 aliphatic carbocycles. The van der Waals surface area contributed by atoms with Crippen molar-refractivity contribution in [2.24, 2.45) is 0 Å². The average Bonchev–Trinajstić information content (AvgIpc) is 2.97. The van der Waals surface area contributed by atoms with Crippen LogP contribution in [0.1, 0.15) is 54.9 Å². The molecule has 0 fully saturated rings. The first-order chi connectivity index (χ1) is 10.7. The Hall–Kier alpha value is -1.95. The average molecular weight is 319 g/mol. The lowest BCUT2D eigenvalue weighted by molar-refractivity contribution is 0.102. The van der Waals surface area contributed by atoms with Crippen molar-refractivity contribution in [2.75, 3.05) is 11.9 Å². The van der Waals surface area contributed by atoms with E-state index >= 15 is 0 Å². The van der Waals surface area contributed by atoms with Gasteiger partial charge in [0, 0.05) is 11.5 Å². The van der Waals surface area contributed by atoms with Crippen LogP contribution in [-0.4, -0.2) is 22.7 Å². The fourth-order valence-electron chi connectivity index (χ4n) is 2.15. The molecule has 0 aliphatic rings. The Morgan fingerprint density at radius 3 is 2.73 bits per heavy atom. The van der Waals surface area contributed by atoms with Gasteiger partial charge in [-0.25, -0.2) is 0 Å². The maximum absolute atomic E-state index is 12.3. The Balaban J connectivity index is 2.07. The Labute approximate surface area is 134 Å². The SMILES string of the molecule is CCOc1cccc(C(=O)Nc2nnc(C(CC)CC)s2)c1. The number of ether oxygens (including phenoxy) is 1. The van der Waals surface area contributed by atoms with E-state index < -0.39 is 0 Å². The molecule has 0 atom stereocenters. The van der Waals surface area contributed by atoms with Crippen LogP contribution in [-0.2, 0) is 0 Å². The molecule has 1 aromatic heterocycles. The summed E-state index contributed by atoms with van der Waals surface area (Å²) in [7, 11) is 0. The van der Waals surface area contributed by atoms with E-state index in [0.29, 0.717) is 29.0 Å². The van der Waals surface area contributed by atoms with Gasteiger partial charge < -0.3 is 4.74 Å². The summed E-state index contributed by atoms with van der Waals surface area (Å²) in [6.07, 6.45) is 2.05. The molecule has 1 heterocycles. The van der Waals surface area contributed by atoms with Gasteiger partial charge in [-0.1, -0.05) is 31.3 Å². The molecule has 1 N–H and O–H groups in total. The lowest BCUT2D eigenvalue weighted by atomic mass is 10.1. The predicted octanol–water partition coefficient (Wildman–Crippen LogP) is 4.09. The monoisotopic (exact) mass is 319 g/mol. The van der Waals surface area contributed by atoms with Crippen molar-refractivity contribution in [1.29, 1.82) is 0 Å². The van der Waals surface area contributed by atoms with E-state index in [4.69, 9.17) is 4.74 Å². The molecule has 2 rings (SSSR count). The van der Waals surface area contributed by atoms with E-state index in [1.807, 2.05) is 13.0 Å². The Kier molecular flexibility index (Phi) is 5.89. The summed E-state index contributed by atoms with van der Waals surface area (Å²) < 4.78 is 5.41. The second-order valence-corrected chi connectivity index (χ2v) is 5.88. The molecule has 0 saturated carbocycles. The molecule has 1 aromatic carbocycles. The van der Waals surface area contributed by atoms with Crippen LogP contribution in [0.25, 0.3) is 0 Å². The van der Waals surface area contributed by atoms with E-state index in [9.17, 15) is 4.79 Å². The molecule has 22 heavy (non-hydrogen) atoms. The quantitative estimate of drug-likeness (QED) is 0.834. The number of anilines is 1. The summed E-state index contributed by atoms with van der Waals surface area (Å²) in [6.45, 7) is 6.74. The van der Waals surface area contributed by atoms with Crippen LogP contribution in [0, 0.1) is 0 Å². The van der Waals surface area contributed by atoms with Crippen molar-refractivity contribution in [1.82, 2.24) is 10.2 Å². The largest absolute Gasteiger partial charge is 0.494 e. The Morgan fingerprint density at radius 1 is 1.27 bits per heavy atom. The van der Waals surface area contributed by atoms with Crippen LogP contribution in [0.3, 0.4) is 0 Å².